The molecule has 1 N–H and O–H groups in total. The van der Waals surface area contributed by atoms with Crippen molar-refractivity contribution in [2.45, 2.75) is 44.0 Å². The molecule has 0 bridgehead atoms. The van der Waals surface area contributed by atoms with Gasteiger partial charge in [-0.15, -0.1) is 0 Å². The number of amides is 1. The molecule has 10 nitrogen and oxygen atoms in total. The number of carbonyl (C=O) groups is 2. The molecule has 4 heterocycles. The molecule has 37 heavy (non-hydrogen) atoms. The molecule has 0 radical (unpaired) electrons. The molecule has 4 aliphatic heterocycles. The standard InChI is InChI=1S/C26H30N3O7S/c1-13-17(24(26(32)36-35-5)28-23(13)20(14(2)30)25(28)31)10-27-18-8-6-15-11-29(3,4)12-16-7-9-19(37(27,33)34)22(18)21(15)16/h6-9,13-14,20,23,30H,10-12H2,1-5H3/q+1. The highest BCUT2D eigenvalue weighted by Gasteiger charge is 2.60. The van der Waals surface area contributed by atoms with E-state index in [0.29, 0.717) is 16.6 Å². The lowest BCUT2D eigenvalue weighted by Crippen LogP contribution is -2.63. The first kappa shape index (κ1) is 24.4. The lowest BCUT2D eigenvalue weighted by molar-refractivity contribution is -0.917. The summed E-state index contributed by atoms with van der Waals surface area (Å²) in [4.78, 5) is 36.8. The number of aliphatic hydroxyl groups excluding tert-OH is 1. The lowest BCUT2D eigenvalue weighted by atomic mass is 9.77. The molecule has 1 saturated heterocycles. The molecule has 2 aromatic carbocycles. The Hall–Kier alpha value is -2.99. The quantitative estimate of drug-likeness (QED) is 0.272. The summed E-state index contributed by atoms with van der Waals surface area (Å²) in [5.74, 6) is -2.32. The van der Waals surface area contributed by atoms with Crippen LogP contribution in [0.4, 0.5) is 5.69 Å². The van der Waals surface area contributed by atoms with Crippen LogP contribution in [0, 0.1) is 11.8 Å². The fourth-order valence-corrected chi connectivity index (χ4v) is 8.45. The fourth-order valence-electron chi connectivity index (χ4n) is 6.79. The first-order chi connectivity index (χ1) is 17.4. The van der Waals surface area contributed by atoms with Gasteiger partial charge in [0.05, 0.1) is 56.4 Å². The van der Waals surface area contributed by atoms with E-state index >= 15 is 0 Å². The zero-order chi connectivity index (χ0) is 26.6. The van der Waals surface area contributed by atoms with Crippen LogP contribution in [-0.2, 0) is 42.5 Å². The summed E-state index contributed by atoms with van der Waals surface area (Å²) >= 11 is 0. The van der Waals surface area contributed by atoms with Crippen molar-refractivity contribution in [1.82, 2.24) is 4.90 Å². The summed E-state index contributed by atoms with van der Waals surface area (Å²) in [5, 5.41) is 11.9. The second-order valence-corrected chi connectivity index (χ2v) is 13.0. The summed E-state index contributed by atoms with van der Waals surface area (Å²) < 4.78 is 29.9. The smallest absolute Gasteiger partial charge is 0.389 e. The van der Waals surface area contributed by atoms with Gasteiger partial charge in [-0.3, -0.25) is 14.0 Å². The Bertz CT molecular complexity index is 1510. The average molecular weight is 529 g/mol. The minimum absolute atomic E-state index is 0.0128. The Balaban J connectivity index is 1.48. The number of nitrogens with zero attached hydrogens (tertiary/aromatic N) is 3. The highest BCUT2D eigenvalue weighted by molar-refractivity contribution is 7.93. The molecular weight excluding hydrogens is 498 g/mol. The third kappa shape index (κ3) is 3.17. The maximum absolute atomic E-state index is 13.9. The van der Waals surface area contributed by atoms with Gasteiger partial charge in [-0.05, 0) is 24.6 Å². The van der Waals surface area contributed by atoms with Crippen LogP contribution in [0.25, 0.3) is 10.8 Å². The molecule has 4 unspecified atom stereocenters. The molecule has 6 rings (SSSR count). The van der Waals surface area contributed by atoms with Crippen LogP contribution in [0.15, 0.2) is 40.4 Å². The Morgan fingerprint density at radius 2 is 1.81 bits per heavy atom. The van der Waals surface area contributed by atoms with E-state index in [-0.39, 0.29) is 23.1 Å². The maximum atomic E-state index is 13.9. The highest BCUT2D eigenvalue weighted by atomic mass is 32.2. The maximum Gasteiger partial charge on any atom is 0.389 e. The number of quaternary nitrogens is 1. The number of anilines is 1. The van der Waals surface area contributed by atoms with Crippen molar-refractivity contribution in [2.75, 3.05) is 32.1 Å². The van der Waals surface area contributed by atoms with Crippen molar-refractivity contribution in [3.05, 3.63) is 46.7 Å². The predicted octanol–water partition coefficient (Wildman–Crippen LogP) is 1.65. The Labute approximate surface area is 215 Å². The SMILES string of the molecule is COOC(=O)C1=C(CN2c3ccc4c5c(ccc(c35)S2(=O)=O)C[N+](C)(C)C4)C(C)C2C(C(C)O)C(=O)N12. The Kier molecular flexibility index (Phi) is 5.11. The second-order valence-electron chi connectivity index (χ2n) is 11.1. The Morgan fingerprint density at radius 1 is 1.16 bits per heavy atom. The molecule has 1 fully saturated rings. The molecule has 11 heteroatoms. The highest BCUT2D eigenvalue weighted by Crippen LogP contribution is 2.51. The van der Waals surface area contributed by atoms with E-state index in [1.54, 1.807) is 13.0 Å². The van der Waals surface area contributed by atoms with Crippen molar-refractivity contribution in [1.29, 1.82) is 0 Å². The molecule has 4 aliphatic rings. The van der Waals surface area contributed by atoms with Crippen molar-refractivity contribution in [3.63, 3.8) is 0 Å². The number of rotatable bonds is 5. The summed E-state index contributed by atoms with van der Waals surface area (Å²) in [7, 11) is 1.57. The van der Waals surface area contributed by atoms with E-state index in [0.717, 1.165) is 34.1 Å². The second kappa shape index (κ2) is 7.76. The van der Waals surface area contributed by atoms with Crippen LogP contribution in [0.3, 0.4) is 0 Å². The third-order valence-corrected chi connectivity index (χ3v) is 10.1. The molecule has 0 spiro atoms. The summed E-state index contributed by atoms with van der Waals surface area (Å²) in [6.07, 6.45) is -0.909. The first-order valence-corrected chi connectivity index (χ1v) is 13.7. The van der Waals surface area contributed by atoms with E-state index in [4.69, 9.17) is 4.89 Å². The number of hydrogen-bond donors (Lipinski definition) is 1. The van der Waals surface area contributed by atoms with Gasteiger partial charge in [0.25, 0.3) is 10.0 Å². The number of β-lactam (4-membered cyclic amide) rings is 1. The number of benzene rings is 2. The minimum Gasteiger partial charge on any atom is -0.393 e. The molecule has 0 aliphatic carbocycles. The largest absolute Gasteiger partial charge is 0.393 e. The summed E-state index contributed by atoms with van der Waals surface area (Å²) in [5.41, 5.74) is 3.23. The predicted molar refractivity (Wildman–Crippen MR) is 133 cm³/mol. The van der Waals surface area contributed by atoms with E-state index in [2.05, 4.69) is 19.0 Å². The van der Waals surface area contributed by atoms with Gasteiger partial charge < -0.3 is 14.5 Å². The van der Waals surface area contributed by atoms with E-state index in [9.17, 15) is 23.1 Å². The molecule has 0 saturated carbocycles. The van der Waals surface area contributed by atoms with Gasteiger partial charge in [0, 0.05) is 27.8 Å². The van der Waals surface area contributed by atoms with Crippen molar-refractivity contribution >= 4 is 38.4 Å². The van der Waals surface area contributed by atoms with E-state index in [1.165, 1.54) is 16.3 Å². The van der Waals surface area contributed by atoms with Gasteiger partial charge in [-0.25, -0.2) is 13.2 Å². The van der Waals surface area contributed by atoms with Gasteiger partial charge in [-0.2, -0.15) is 4.89 Å². The normalized spacial score (nSPS) is 27.4. The Morgan fingerprint density at radius 3 is 2.43 bits per heavy atom. The average Bonchev–Trinajstić information content (AvgIpc) is 3.17. The molecule has 196 valence electrons. The molecule has 0 aromatic heterocycles. The molecule has 4 atom stereocenters. The van der Waals surface area contributed by atoms with Gasteiger partial charge in [-0.1, -0.05) is 19.1 Å². The number of hydrogen-bond acceptors (Lipinski definition) is 7. The van der Waals surface area contributed by atoms with Crippen molar-refractivity contribution in [3.8, 4) is 0 Å². The van der Waals surface area contributed by atoms with Gasteiger partial charge in [0.15, 0.2) is 0 Å². The first-order valence-electron chi connectivity index (χ1n) is 12.3. The van der Waals surface area contributed by atoms with Crippen LogP contribution in [0.1, 0.15) is 25.0 Å². The van der Waals surface area contributed by atoms with Crippen LogP contribution < -0.4 is 4.31 Å². The fraction of sp³-hybridized carbons (Fsp3) is 0.462. The monoisotopic (exact) mass is 528 g/mol. The van der Waals surface area contributed by atoms with Crippen molar-refractivity contribution in [2.24, 2.45) is 11.8 Å². The van der Waals surface area contributed by atoms with Crippen LogP contribution >= 0.6 is 0 Å². The summed E-state index contributed by atoms with van der Waals surface area (Å²) in [6.45, 7) is 4.85. The number of aliphatic hydroxyl groups is 1. The number of sulfonamides is 1. The van der Waals surface area contributed by atoms with E-state index < -0.39 is 40.0 Å². The van der Waals surface area contributed by atoms with E-state index in [1.807, 2.05) is 25.1 Å². The minimum atomic E-state index is -3.92. The van der Waals surface area contributed by atoms with Gasteiger partial charge in [0.1, 0.15) is 18.8 Å². The van der Waals surface area contributed by atoms with Crippen LogP contribution in [-0.4, -0.2) is 74.7 Å². The third-order valence-electron chi connectivity index (χ3n) is 8.29. The number of fused-ring (bicyclic) bond motifs is 1. The molecule has 1 amide bonds. The van der Waals surface area contributed by atoms with Crippen LogP contribution in [0.2, 0.25) is 0 Å². The molecular formula is C26H30N3O7S+. The number of carbonyl (C=O) groups excluding carboxylic acids is 2. The topological polar surface area (TPSA) is 113 Å². The van der Waals surface area contributed by atoms with Crippen LogP contribution in [0.5, 0.6) is 0 Å². The van der Waals surface area contributed by atoms with Gasteiger partial charge >= 0.3 is 5.97 Å². The van der Waals surface area contributed by atoms with Crippen molar-refractivity contribution < 1.29 is 37.4 Å². The zero-order valence-corrected chi connectivity index (χ0v) is 22.2. The van der Waals surface area contributed by atoms with Gasteiger partial charge in [0.2, 0.25) is 5.91 Å². The summed E-state index contributed by atoms with van der Waals surface area (Å²) in [6, 6.07) is 6.95. The molecule has 2 aromatic rings. The zero-order valence-electron chi connectivity index (χ0n) is 21.4. The lowest BCUT2D eigenvalue weighted by Gasteiger charge is -2.46.